The molecule has 0 radical (unpaired) electrons. The fourth-order valence-corrected chi connectivity index (χ4v) is 1.60. The first kappa shape index (κ1) is 10.6. The highest BCUT2D eigenvalue weighted by molar-refractivity contribution is 5.64. The number of rotatable bonds is 2. The second-order valence-electron chi connectivity index (χ2n) is 3.49. The van der Waals surface area contributed by atoms with E-state index >= 15 is 0 Å². The molecule has 16 heavy (non-hydrogen) atoms. The predicted octanol–water partition coefficient (Wildman–Crippen LogP) is 3.20. The zero-order valence-corrected chi connectivity index (χ0v) is 9.20. The van der Waals surface area contributed by atoms with Gasteiger partial charge in [0, 0.05) is 17.3 Å². The summed E-state index contributed by atoms with van der Waals surface area (Å²) >= 11 is 0. The Kier molecular flexibility index (Phi) is 2.86. The van der Waals surface area contributed by atoms with Crippen LogP contribution in [-0.2, 0) is 0 Å². The molecule has 0 atom stereocenters. The first-order valence-electron chi connectivity index (χ1n) is 4.98. The lowest BCUT2D eigenvalue weighted by Crippen LogP contribution is -1.96. The molecule has 0 unspecified atom stereocenters. The average Bonchev–Trinajstić information content (AvgIpc) is 2.34. The third kappa shape index (κ3) is 1.76. The summed E-state index contributed by atoms with van der Waals surface area (Å²) in [6, 6.07) is 9.34. The standard InChI is InChI=1S/C13H12FNO/c1-9-12(14)11(8-15-13(9)16-2)10-6-4-3-5-7-10/h3-8H,1-2H3. The average molecular weight is 217 g/mol. The third-order valence-electron chi connectivity index (χ3n) is 2.48. The maximum absolute atomic E-state index is 14.0. The molecule has 2 nitrogen and oxygen atoms in total. The highest BCUT2D eigenvalue weighted by Gasteiger charge is 2.12. The molecule has 0 saturated heterocycles. The number of aromatic nitrogens is 1. The van der Waals surface area contributed by atoms with Gasteiger partial charge in [0.05, 0.1) is 7.11 Å². The van der Waals surface area contributed by atoms with Crippen LogP contribution in [0.25, 0.3) is 11.1 Å². The lowest BCUT2D eigenvalue weighted by Gasteiger charge is -2.08. The summed E-state index contributed by atoms with van der Waals surface area (Å²) in [7, 11) is 1.48. The molecule has 0 aliphatic rings. The van der Waals surface area contributed by atoms with Gasteiger partial charge in [-0.3, -0.25) is 0 Å². The van der Waals surface area contributed by atoms with Crippen molar-refractivity contribution < 1.29 is 9.13 Å². The Morgan fingerprint density at radius 1 is 1.19 bits per heavy atom. The van der Waals surface area contributed by atoms with Crippen LogP contribution in [0.2, 0.25) is 0 Å². The molecular weight excluding hydrogens is 205 g/mol. The number of hydrogen-bond donors (Lipinski definition) is 0. The van der Waals surface area contributed by atoms with Gasteiger partial charge in [0.1, 0.15) is 5.82 Å². The largest absolute Gasteiger partial charge is 0.481 e. The molecule has 1 aromatic carbocycles. The molecule has 0 saturated carbocycles. The number of methoxy groups -OCH3 is 1. The maximum Gasteiger partial charge on any atom is 0.218 e. The minimum absolute atomic E-state index is 0.280. The van der Waals surface area contributed by atoms with E-state index in [0.717, 1.165) is 5.56 Å². The summed E-state index contributed by atoms with van der Waals surface area (Å²) in [4.78, 5) is 4.07. The van der Waals surface area contributed by atoms with Crippen molar-refractivity contribution in [2.75, 3.05) is 7.11 Å². The highest BCUT2D eigenvalue weighted by Crippen LogP contribution is 2.27. The Morgan fingerprint density at radius 3 is 2.50 bits per heavy atom. The van der Waals surface area contributed by atoms with Gasteiger partial charge in [0.15, 0.2) is 0 Å². The van der Waals surface area contributed by atoms with Gasteiger partial charge in [-0.25, -0.2) is 9.37 Å². The Bertz CT molecular complexity index is 497. The minimum atomic E-state index is -0.280. The molecule has 3 heteroatoms. The summed E-state index contributed by atoms with van der Waals surface area (Å²) in [5, 5.41) is 0. The van der Waals surface area contributed by atoms with Gasteiger partial charge in [-0.1, -0.05) is 30.3 Å². The monoisotopic (exact) mass is 217 g/mol. The molecule has 0 aliphatic heterocycles. The smallest absolute Gasteiger partial charge is 0.218 e. The zero-order valence-electron chi connectivity index (χ0n) is 9.20. The van der Waals surface area contributed by atoms with Crippen molar-refractivity contribution in [3.63, 3.8) is 0 Å². The normalized spacial score (nSPS) is 10.2. The van der Waals surface area contributed by atoms with E-state index in [4.69, 9.17) is 4.74 Å². The lowest BCUT2D eigenvalue weighted by atomic mass is 10.1. The Morgan fingerprint density at radius 2 is 1.88 bits per heavy atom. The zero-order chi connectivity index (χ0) is 11.5. The van der Waals surface area contributed by atoms with E-state index in [1.54, 1.807) is 6.92 Å². The molecule has 0 bridgehead atoms. The number of pyridine rings is 1. The second-order valence-corrected chi connectivity index (χ2v) is 3.49. The van der Waals surface area contributed by atoms with Crippen LogP contribution in [0.3, 0.4) is 0 Å². The quantitative estimate of drug-likeness (QED) is 0.770. The van der Waals surface area contributed by atoms with Crippen molar-refractivity contribution in [2.45, 2.75) is 6.92 Å². The van der Waals surface area contributed by atoms with Gasteiger partial charge in [-0.05, 0) is 12.5 Å². The van der Waals surface area contributed by atoms with Crippen LogP contribution in [-0.4, -0.2) is 12.1 Å². The van der Waals surface area contributed by atoms with Crippen molar-refractivity contribution >= 4 is 0 Å². The molecule has 0 fully saturated rings. The van der Waals surface area contributed by atoms with Crippen LogP contribution in [0.5, 0.6) is 5.88 Å². The number of hydrogen-bond acceptors (Lipinski definition) is 2. The molecule has 82 valence electrons. The molecule has 2 aromatic rings. The molecule has 1 aromatic heterocycles. The summed E-state index contributed by atoms with van der Waals surface area (Å²) in [6.45, 7) is 1.66. The summed E-state index contributed by atoms with van der Waals surface area (Å²) < 4.78 is 19.0. The first-order valence-corrected chi connectivity index (χ1v) is 4.98. The van der Waals surface area contributed by atoms with Crippen LogP contribution in [0, 0.1) is 12.7 Å². The van der Waals surface area contributed by atoms with Crippen LogP contribution in [0.1, 0.15) is 5.56 Å². The van der Waals surface area contributed by atoms with Gasteiger partial charge in [0.2, 0.25) is 5.88 Å². The van der Waals surface area contributed by atoms with Crippen LogP contribution in [0.15, 0.2) is 36.5 Å². The van der Waals surface area contributed by atoms with E-state index in [9.17, 15) is 4.39 Å². The Balaban J connectivity index is 2.56. The van der Waals surface area contributed by atoms with E-state index < -0.39 is 0 Å². The molecule has 0 amide bonds. The van der Waals surface area contributed by atoms with Crippen molar-refractivity contribution in [1.29, 1.82) is 0 Å². The van der Waals surface area contributed by atoms with E-state index in [1.807, 2.05) is 30.3 Å². The molecular formula is C13H12FNO. The Hall–Kier alpha value is -1.90. The first-order chi connectivity index (χ1) is 7.74. The van der Waals surface area contributed by atoms with Crippen LogP contribution in [0.4, 0.5) is 4.39 Å². The van der Waals surface area contributed by atoms with Crippen molar-refractivity contribution in [3.05, 3.63) is 47.9 Å². The van der Waals surface area contributed by atoms with Gasteiger partial charge < -0.3 is 4.74 Å². The molecule has 1 heterocycles. The van der Waals surface area contributed by atoms with Crippen molar-refractivity contribution in [2.24, 2.45) is 0 Å². The molecule has 0 aliphatic carbocycles. The van der Waals surface area contributed by atoms with Crippen molar-refractivity contribution in [1.82, 2.24) is 4.98 Å². The van der Waals surface area contributed by atoms with E-state index in [0.29, 0.717) is 17.0 Å². The summed E-state index contributed by atoms with van der Waals surface area (Å²) in [5.41, 5.74) is 1.75. The fraction of sp³-hybridized carbons (Fsp3) is 0.154. The lowest BCUT2D eigenvalue weighted by molar-refractivity contribution is 0.390. The number of ether oxygens (including phenoxy) is 1. The fourth-order valence-electron chi connectivity index (χ4n) is 1.60. The minimum Gasteiger partial charge on any atom is -0.481 e. The van der Waals surface area contributed by atoms with E-state index in [-0.39, 0.29) is 5.82 Å². The van der Waals surface area contributed by atoms with Gasteiger partial charge >= 0.3 is 0 Å². The van der Waals surface area contributed by atoms with Crippen LogP contribution < -0.4 is 4.74 Å². The number of halogens is 1. The van der Waals surface area contributed by atoms with Crippen molar-refractivity contribution in [3.8, 4) is 17.0 Å². The number of benzene rings is 1. The highest BCUT2D eigenvalue weighted by atomic mass is 19.1. The summed E-state index contributed by atoms with van der Waals surface area (Å²) in [6.07, 6.45) is 1.50. The number of nitrogens with zero attached hydrogens (tertiary/aromatic N) is 1. The van der Waals surface area contributed by atoms with E-state index in [2.05, 4.69) is 4.98 Å². The second kappa shape index (κ2) is 4.31. The van der Waals surface area contributed by atoms with E-state index in [1.165, 1.54) is 13.3 Å². The predicted molar refractivity (Wildman–Crippen MR) is 60.9 cm³/mol. The summed E-state index contributed by atoms with van der Waals surface area (Å²) in [5.74, 6) is 0.0511. The maximum atomic E-state index is 14.0. The molecule has 0 spiro atoms. The SMILES string of the molecule is COc1ncc(-c2ccccc2)c(F)c1C. The van der Waals surface area contributed by atoms with Gasteiger partial charge in [-0.2, -0.15) is 0 Å². The van der Waals surface area contributed by atoms with Gasteiger partial charge in [0.25, 0.3) is 0 Å². The molecule has 0 N–H and O–H groups in total. The topological polar surface area (TPSA) is 22.1 Å². The third-order valence-corrected chi connectivity index (χ3v) is 2.48. The van der Waals surface area contributed by atoms with Crippen LogP contribution >= 0.6 is 0 Å². The Labute approximate surface area is 93.7 Å². The van der Waals surface area contributed by atoms with Gasteiger partial charge in [-0.15, -0.1) is 0 Å². The molecule has 2 rings (SSSR count).